The minimum Gasteiger partial charge on any atom is -0.462 e. The average Bonchev–Trinajstić information content (AvgIpc) is 2.47. The van der Waals surface area contributed by atoms with E-state index in [2.05, 4.69) is 11.1 Å². The monoisotopic (exact) mass is 261 g/mol. The molecule has 0 aliphatic carbocycles. The Morgan fingerprint density at radius 3 is 3.32 bits per heavy atom. The van der Waals surface area contributed by atoms with Gasteiger partial charge in [-0.1, -0.05) is 0 Å². The van der Waals surface area contributed by atoms with Crippen molar-refractivity contribution in [3.05, 3.63) is 23.9 Å². The highest BCUT2D eigenvalue weighted by Gasteiger charge is 2.25. The summed E-state index contributed by atoms with van der Waals surface area (Å²) in [5, 5.41) is 8.90. The van der Waals surface area contributed by atoms with E-state index < -0.39 is 12.1 Å². The van der Waals surface area contributed by atoms with Crippen LogP contribution < -0.4 is 4.90 Å². The molecule has 0 N–H and O–H groups in total. The highest BCUT2D eigenvalue weighted by molar-refractivity contribution is 5.94. The lowest BCUT2D eigenvalue weighted by atomic mass is 10.2. The summed E-state index contributed by atoms with van der Waals surface area (Å²) in [6.07, 6.45) is 1.13. The summed E-state index contributed by atoms with van der Waals surface area (Å²) >= 11 is 0. The largest absolute Gasteiger partial charge is 0.462 e. The number of ether oxygens (including phenoxy) is 2. The maximum atomic E-state index is 11.9. The van der Waals surface area contributed by atoms with Gasteiger partial charge in [0.25, 0.3) is 0 Å². The third-order valence-electron chi connectivity index (χ3n) is 2.79. The van der Waals surface area contributed by atoms with Crippen LogP contribution in [0.25, 0.3) is 0 Å². The highest BCUT2D eigenvalue weighted by atomic mass is 16.5. The molecule has 19 heavy (non-hydrogen) atoms. The number of nitrogens with zero attached hydrogens (tertiary/aromatic N) is 3. The first kappa shape index (κ1) is 13.3. The molecule has 6 heteroatoms. The van der Waals surface area contributed by atoms with Gasteiger partial charge in [0.15, 0.2) is 6.10 Å². The number of hydrogen-bond acceptors (Lipinski definition) is 6. The summed E-state index contributed by atoms with van der Waals surface area (Å²) in [5.41, 5.74) is 0.419. The average molecular weight is 261 g/mol. The maximum Gasteiger partial charge on any atom is 0.341 e. The Bertz CT molecular complexity index is 498. The van der Waals surface area contributed by atoms with Crippen LogP contribution in [0.3, 0.4) is 0 Å². The van der Waals surface area contributed by atoms with Gasteiger partial charge in [-0.3, -0.25) is 0 Å². The van der Waals surface area contributed by atoms with Crippen LogP contribution >= 0.6 is 0 Å². The van der Waals surface area contributed by atoms with Gasteiger partial charge >= 0.3 is 5.97 Å². The molecule has 6 nitrogen and oxygen atoms in total. The van der Waals surface area contributed by atoms with Crippen LogP contribution in [0, 0.1) is 11.3 Å². The van der Waals surface area contributed by atoms with Crippen molar-refractivity contribution in [3.8, 4) is 6.07 Å². The van der Waals surface area contributed by atoms with Crippen molar-refractivity contribution in [2.75, 3.05) is 31.2 Å². The Balaban J connectivity index is 2.24. The van der Waals surface area contributed by atoms with Crippen molar-refractivity contribution in [1.29, 1.82) is 5.26 Å². The number of morpholine rings is 1. The second-order valence-corrected chi connectivity index (χ2v) is 4.03. The molecule has 1 saturated heterocycles. The van der Waals surface area contributed by atoms with Crippen molar-refractivity contribution >= 4 is 11.8 Å². The van der Waals surface area contributed by atoms with E-state index in [-0.39, 0.29) is 0 Å². The lowest BCUT2D eigenvalue weighted by molar-refractivity contribution is 0.0523. The Labute approximate surface area is 111 Å². The predicted molar refractivity (Wildman–Crippen MR) is 67.8 cm³/mol. The summed E-state index contributed by atoms with van der Waals surface area (Å²) in [5.74, 6) is 0.148. The first-order chi connectivity index (χ1) is 9.26. The Kier molecular flexibility index (Phi) is 4.31. The molecule has 1 aromatic rings. The van der Waals surface area contributed by atoms with Gasteiger partial charge in [-0.05, 0) is 19.1 Å². The molecule has 1 aromatic heterocycles. The van der Waals surface area contributed by atoms with Gasteiger partial charge in [0.05, 0.1) is 25.8 Å². The van der Waals surface area contributed by atoms with E-state index in [0.29, 0.717) is 37.7 Å². The fourth-order valence-corrected chi connectivity index (χ4v) is 1.94. The fourth-order valence-electron chi connectivity index (χ4n) is 1.94. The number of aromatic nitrogens is 1. The van der Waals surface area contributed by atoms with Crippen LogP contribution in [-0.4, -0.2) is 43.4 Å². The topological polar surface area (TPSA) is 75.4 Å². The zero-order valence-corrected chi connectivity index (χ0v) is 10.7. The Hall–Kier alpha value is -2.13. The normalized spacial score (nSPS) is 18.7. The van der Waals surface area contributed by atoms with Crippen molar-refractivity contribution in [3.63, 3.8) is 0 Å². The van der Waals surface area contributed by atoms with Crippen LogP contribution in [0.4, 0.5) is 5.82 Å². The fraction of sp³-hybridized carbons (Fsp3) is 0.462. The number of anilines is 1. The van der Waals surface area contributed by atoms with Crippen molar-refractivity contribution in [2.45, 2.75) is 13.0 Å². The number of pyridine rings is 1. The van der Waals surface area contributed by atoms with E-state index in [0.717, 1.165) is 0 Å². The molecule has 2 heterocycles. The minimum absolute atomic E-state index is 0.317. The van der Waals surface area contributed by atoms with Crippen LogP contribution in [-0.2, 0) is 9.47 Å². The number of esters is 1. The zero-order valence-electron chi connectivity index (χ0n) is 10.7. The first-order valence-electron chi connectivity index (χ1n) is 6.14. The molecule has 1 atom stereocenters. The maximum absolute atomic E-state index is 11.9. The SMILES string of the molecule is CCOC(=O)c1cccnc1N1CCOC(C#N)C1. The molecule has 0 spiro atoms. The van der Waals surface area contributed by atoms with Gasteiger partial charge in [0.1, 0.15) is 11.4 Å². The zero-order chi connectivity index (χ0) is 13.7. The highest BCUT2D eigenvalue weighted by Crippen LogP contribution is 2.20. The summed E-state index contributed by atoms with van der Waals surface area (Å²) in [4.78, 5) is 18.0. The van der Waals surface area contributed by atoms with E-state index in [1.165, 1.54) is 0 Å². The molecule has 1 fully saturated rings. The van der Waals surface area contributed by atoms with Gasteiger partial charge in [0, 0.05) is 12.7 Å². The summed E-state index contributed by atoms with van der Waals surface area (Å²) in [6, 6.07) is 5.44. The molecule has 1 unspecified atom stereocenters. The van der Waals surface area contributed by atoms with Crippen molar-refractivity contribution in [1.82, 2.24) is 4.98 Å². The van der Waals surface area contributed by atoms with Crippen molar-refractivity contribution in [2.24, 2.45) is 0 Å². The first-order valence-corrected chi connectivity index (χ1v) is 6.14. The van der Waals surface area contributed by atoms with Crippen LogP contribution in [0.1, 0.15) is 17.3 Å². The molecule has 2 rings (SSSR count). The molecular formula is C13H15N3O3. The van der Waals surface area contributed by atoms with Crippen molar-refractivity contribution < 1.29 is 14.3 Å². The summed E-state index contributed by atoms with van der Waals surface area (Å²) in [7, 11) is 0. The lowest BCUT2D eigenvalue weighted by Crippen LogP contribution is -2.43. The van der Waals surface area contributed by atoms with E-state index in [9.17, 15) is 4.79 Å². The van der Waals surface area contributed by atoms with Gasteiger partial charge in [0.2, 0.25) is 0 Å². The van der Waals surface area contributed by atoms with Gasteiger partial charge < -0.3 is 14.4 Å². The van der Waals surface area contributed by atoms with E-state index in [1.54, 1.807) is 25.3 Å². The second-order valence-electron chi connectivity index (χ2n) is 4.03. The second kappa shape index (κ2) is 6.16. The lowest BCUT2D eigenvalue weighted by Gasteiger charge is -2.31. The number of carbonyl (C=O) groups is 1. The Morgan fingerprint density at radius 2 is 2.58 bits per heavy atom. The molecule has 0 amide bonds. The van der Waals surface area contributed by atoms with Gasteiger partial charge in [-0.15, -0.1) is 0 Å². The van der Waals surface area contributed by atoms with Gasteiger partial charge in [-0.2, -0.15) is 5.26 Å². The van der Waals surface area contributed by atoms with Crippen LogP contribution in [0.15, 0.2) is 18.3 Å². The minimum atomic E-state index is -0.495. The molecule has 0 aromatic carbocycles. The molecule has 1 aliphatic rings. The number of hydrogen-bond donors (Lipinski definition) is 0. The smallest absolute Gasteiger partial charge is 0.341 e. The van der Waals surface area contributed by atoms with Crippen LogP contribution in [0.5, 0.6) is 0 Å². The quantitative estimate of drug-likeness (QED) is 0.755. The molecular weight excluding hydrogens is 246 g/mol. The third-order valence-corrected chi connectivity index (χ3v) is 2.79. The molecule has 0 bridgehead atoms. The molecule has 0 saturated carbocycles. The standard InChI is InChI=1S/C13H15N3O3/c1-2-18-13(17)11-4-3-5-15-12(11)16-6-7-19-10(8-14)9-16/h3-5,10H,2,6-7,9H2,1H3. The molecule has 100 valence electrons. The Morgan fingerprint density at radius 1 is 1.74 bits per heavy atom. The number of carbonyl (C=O) groups excluding carboxylic acids is 1. The summed E-state index contributed by atoms with van der Waals surface area (Å²) in [6.45, 7) is 3.52. The van der Waals surface area contributed by atoms with E-state index in [4.69, 9.17) is 14.7 Å². The third kappa shape index (κ3) is 3.01. The van der Waals surface area contributed by atoms with Crippen LogP contribution in [0.2, 0.25) is 0 Å². The molecule has 0 radical (unpaired) electrons. The number of nitriles is 1. The van der Waals surface area contributed by atoms with E-state index >= 15 is 0 Å². The number of rotatable bonds is 3. The summed E-state index contributed by atoms with van der Waals surface area (Å²) < 4.78 is 10.3. The van der Waals surface area contributed by atoms with Gasteiger partial charge in [-0.25, -0.2) is 9.78 Å². The molecule has 1 aliphatic heterocycles. The predicted octanol–water partition coefficient (Wildman–Crippen LogP) is 0.987. The van der Waals surface area contributed by atoms with E-state index in [1.807, 2.05) is 4.90 Å².